The Bertz CT molecular complexity index is 1580. The van der Waals surface area contributed by atoms with Crippen LogP contribution in [0.3, 0.4) is 0 Å². The molecular weight excluding hydrogens is 520 g/mol. The van der Waals surface area contributed by atoms with Crippen LogP contribution in [0.1, 0.15) is 16.7 Å². The van der Waals surface area contributed by atoms with Crippen molar-refractivity contribution < 1.29 is 33.6 Å². The van der Waals surface area contributed by atoms with Crippen molar-refractivity contribution in [3.63, 3.8) is 0 Å². The van der Waals surface area contributed by atoms with Gasteiger partial charge in [-0.2, -0.15) is 0 Å². The number of imide groups is 2. The van der Waals surface area contributed by atoms with Gasteiger partial charge < -0.3 is 14.8 Å². The highest BCUT2D eigenvalue weighted by Gasteiger charge is 2.37. The molecule has 0 bridgehead atoms. The minimum atomic E-state index is -1.03. The molecule has 0 saturated carbocycles. The zero-order valence-electron chi connectivity index (χ0n) is 21.7. The number of ether oxygens (including phenoxy) is 2. The maximum Gasteiger partial charge on any atom is 0.335 e. The predicted molar refractivity (Wildman–Crippen MR) is 145 cm³/mol. The fourth-order valence-corrected chi connectivity index (χ4v) is 3.86. The summed E-state index contributed by atoms with van der Waals surface area (Å²) < 4.78 is 11.0. The molecule has 12 heteroatoms. The number of nitro groups is 1. The van der Waals surface area contributed by atoms with Crippen molar-refractivity contribution in [2.24, 2.45) is 0 Å². The number of carbonyl (C=O) groups excluding carboxylic acids is 4. The second kappa shape index (κ2) is 11.5. The lowest BCUT2D eigenvalue weighted by atomic mass is 10.1. The number of benzene rings is 3. The SMILES string of the molecule is COc1cc(/C=C2/C(=O)NC(=O)N(c3cccc([N+](=O)[O-])c3)C2=O)ccc1OCC(=O)Nc1ccc(C)c(C)c1. The van der Waals surface area contributed by atoms with Gasteiger partial charge in [-0.05, 0) is 66.9 Å². The molecule has 1 aliphatic rings. The van der Waals surface area contributed by atoms with Crippen molar-refractivity contribution in [1.29, 1.82) is 0 Å². The highest BCUT2D eigenvalue weighted by molar-refractivity contribution is 6.39. The van der Waals surface area contributed by atoms with Gasteiger partial charge in [0.1, 0.15) is 5.57 Å². The van der Waals surface area contributed by atoms with Gasteiger partial charge in [-0.25, -0.2) is 9.69 Å². The van der Waals surface area contributed by atoms with E-state index in [0.717, 1.165) is 17.2 Å². The Morgan fingerprint density at radius 1 is 1.02 bits per heavy atom. The van der Waals surface area contributed by atoms with Crippen LogP contribution in [-0.4, -0.2) is 42.4 Å². The van der Waals surface area contributed by atoms with Crippen molar-refractivity contribution in [1.82, 2.24) is 5.32 Å². The number of nitrogens with zero attached hydrogens (tertiary/aromatic N) is 2. The van der Waals surface area contributed by atoms with E-state index in [4.69, 9.17) is 9.47 Å². The van der Waals surface area contributed by atoms with Gasteiger partial charge in [0, 0.05) is 17.8 Å². The molecule has 1 fully saturated rings. The van der Waals surface area contributed by atoms with Gasteiger partial charge >= 0.3 is 6.03 Å². The van der Waals surface area contributed by atoms with Gasteiger partial charge in [0.15, 0.2) is 18.1 Å². The zero-order chi connectivity index (χ0) is 29.0. The molecule has 1 aliphatic heterocycles. The normalized spacial score (nSPS) is 14.1. The van der Waals surface area contributed by atoms with Gasteiger partial charge in [-0.15, -0.1) is 0 Å². The molecule has 2 N–H and O–H groups in total. The van der Waals surface area contributed by atoms with Crippen LogP contribution in [0, 0.1) is 24.0 Å². The number of amides is 5. The summed E-state index contributed by atoms with van der Waals surface area (Å²) >= 11 is 0. The van der Waals surface area contributed by atoms with Gasteiger partial charge in [-0.1, -0.05) is 18.2 Å². The van der Waals surface area contributed by atoms with Crippen molar-refractivity contribution in [3.8, 4) is 11.5 Å². The summed E-state index contributed by atoms with van der Waals surface area (Å²) in [6, 6.07) is 13.9. The molecule has 40 heavy (non-hydrogen) atoms. The number of aryl methyl sites for hydroxylation is 2. The fraction of sp³-hybridized carbons (Fsp3) is 0.143. The average molecular weight is 545 g/mol. The molecule has 0 unspecified atom stereocenters. The number of carbonyl (C=O) groups is 4. The molecule has 12 nitrogen and oxygen atoms in total. The molecule has 0 atom stereocenters. The van der Waals surface area contributed by atoms with Crippen molar-refractivity contribution in [3.05, 3.63) is 93.0 Å². The van der Waals surface area contributed by atoms with E-state index in [1.54, 1.807) is 6.07 Å². The molecule has 5 amide bonds. The van der Waals surface area contributed by atoms with Crippen LogP contribution in [0.5, 0.6) is 11.5 Å². The van der Waals surface area contributed by atoms with Gasteiger partial charge in [0.25, 0.3) is 23.4 Å². The van der Waals surface area contributed by atoms with Gasteiger partial charge in [0.2, 0.25) is 0 Å². The number of barbiturate groups is 1. The maximum absolute atomic E-state index is 13.1. The zero-order valence-corrected chi connectivity index (χ0v) is 21.7. The second-order valence-electron chi connectivity index (χ2n) is 8.78. The molecule has 1 heterocycles. The molecule has 0 aromatic heterocycles. The number of hydrogen-bond acceptors (Lipinski definition) is 8. The third-order valence-electron chi connectivity index (χ3n) is 6.05. The third kappa shape index (κ3) is 5.96. The Balaban J connectivity index is 1.52. The molecule has 1 saturated heterocycles. The number of hydrogen-bond donors (Lipinski definition) is 2. The summed E-state index contributed by atoms with van der Waals surface area (Å²) in [6.07, 6.45) is 1.24. The summed E-state index contributed by atoms with van der Waals surface area (Å²) in [5.41, 5.74) is 2.35. The van der Waals surface area contributed by atoms with Gasteiger partial charge in [0.05, 0.1) is 17.7 Å². The van der Waals surface area contributed by atoms with Crippen LogP contribution in [0.2, 0.25) is 0 Å². The lowest BCUT2D eigenvalue weighted by molar-refractivity contribution is -0.384. The molecule has 0 spiro atoms. The number of non-ortho nitro benzene ring substituents is 1. The molecule has 0 radical (unpaired) electrons. The highest BCUT2D eigenvalue weighted by atomic mass is 16.6. The van der Waals surface area contributed by atoms with E-state index in [9.17, 15) is 29.3 Å². The largest absolute Gasteiger partial charge is 0.493 e. The smallest absolute Gasteiger partial charge is 0.335 e. The van der Waals surface area contributed by atoms with Crippen LogP contribution in [-0.2, 0) is 14.4 Å². The Kier molecular flexibility index (Phi) is 7.89. The van der Waals surface area contributed by atoms with E-state index in [-0.39, 0.29) is 41.0 Å². The number of nitrogens with one attached hydrogen (secondary N) is 2. The van der Waals surface area contributed by atoms with E-state index < -0.39 is 22.8 Å². The van der Waals surface area contributed by atoms with Crippen LogP contribution in [0.15, 0.2) is 66.2 Å². The standard InChI is InChI=1S/C28H24N4O8/c1-16-7-9-19(11-17(16)2)29-25(33)15-40-23-10-8-18(13-24(23)39-3)12-22-26(34)30-28(36)31(27(22)35)20-5-4-6-21(14-20)32(37)38/h4-14H,15H2,1-3H3,(H,29,33)(H,30,34,36)/b22-12-. The Morgan fingerprint density at radius 2 is 1.80 bits per heavy atom. The Hall–Kier alpha value is -5.52. The number of rotatable bonds is 8. The first kappa shape index (κ1) is 27.5. The van der Waals surface area contributed by atoms with E-state index in [1.165, 1.54) is 49.6 Å². The number of methoxy groups -OCH3 is 1. The van der Waals surface area contributed by atoms with Crippen LogP contribution >= 0.6 is 0 Å². The summed E-state index contributed by atoms with van der Waals surface area (Å²) in [7, 11) is 1.38. The average Bonchev–Trinajstić information content (AvgIpc) is 2.92. The van der Waals surface area contributed by atoms with Crippen molar-refractivity contribution in [2.75, 3.05) is 23.9 Å². The molecule has 204 valence electrons. The molecule has 3 aromatic carbocycles. The summed E-state index contributed by atoms with van der Waals surface area (Å²) in [4.78, 5) is 61.5. The highest BCUT2D eigenvalue weighted by Crippen LogP contribution is 2.30. The first-order chi connectivity index (χ1) is 19.1. The van der Waals surface area contributed by atoms with E-state index in [2.05, 4.69) is 10.6 Å². The molecule has 0 aliphatic carbocycles. The van der Waals surface area contributed by atoms with Crippen LogP contribution in [0.25, 0.3) is 6.08 Å². The first-order valence-electron chi connectivity index (χ1n) is 11.9. The quantitative estimate of drug-likeness (QED) is 0.187. The van der Waals surface area contributed by atoms with E-state index in [1.807, 2.05) is 26.0 Å². The van der Waals surface area contributed by atoms with Crippen LogP contribution in [0.4, 0.5) is 21.9 Å². The Morgan fingerprint density at radius 3 is 2.50 bits per heavy atom. The lowest BCUT2D eigenvalue weighted by Gasteiger charge is -2.26. The predicted octanol–water partition coefficient (Wildman–Crippen LogP) is 3.90. The number of urea groups is 1. The fourth-order valence-electron chi connectivity index (χ4n) is 3.86. The summed E-state index contributed by atoms with van der Waals surface area (Å²) in [6.45, 7) is 3.61. The van der Waals surface area contributed by atoms with E-state index >= 15 is 0 Å². The maximum atomic E-state index is 13.1. The third-order valence-corrected chi connectivity index (χ3v) is 6.05. The summed E-state index contributed by atoms with van der Waals surface area (Å²) in [5, 5.41) is 15.9. The van der Waals surface area contributed by atoms with E-state index in [0.29, 0.717) is 16.2 Å². The summed E-state index contributed by atoms with van der Waals surface area (Å²) in [5.74, 6) is -1.81. The molecule has 3 aromatic rings. The second-order valence-corrected chi connectivity index (χ2v) is 8.78. The minimum absolute atomic E-state index is 0.0736. The number of anilines is 2. The van der Waals surface area contributed by atoms with Crippen molar-refractivity contribution in [2.45, 2.75) is 13.8 Å². The first-order valence-corrected chi connectivity index (χ1v) is 11.9. The Labute approximate surface area is 228 Å². The number of nitro benzene ring substituents is 1. The van der Waals surface area contributed by atoms with Crippen LogP contribution < -0.4 is 25.0 Å². The monoisotopic (exact) mass is 544 g/mol. The molecule has 4 rings (SSSR count). The topological polar surface area (TPSA) is 157 Å². The minimum Gasteiger partial charge on any atom is -0.493 e. The lowest BCUT2D eigenvalue weighted by Crippen LogP contribution is -2.54. The van der Waals surface area contributed by atoms with Crippen molar-refractivity contribution >= 4 is 46.9 Å². The van der Waals surface area contributed by atoms with Gasteiger partial charge in [-0.3, -0.25) is 29.8 Å². The molecular formula is C28H24N4O8.